The van der Waals surface area contributed by atoms with Crippen LogP contribution >= 0.6 is 23.1 Å². The molecular formula is C23H21N5O3S2. The number of para-hydroxylation sites is 1. The van der Waals surface area contributed by atoms with Crippen LogP contribution in [0.1, 0.15) is 33.6 Å². The van der Waals surface area contributed by atoms with Gasteiger partial charge in [-0.25, -0.2) is 0 Å². The van der Waals surface area contributed by atoms with E-state index in [1.54, 1.807) is 12.3 Å². The molecule has 2 amide bonds. The zero-order valence-corrected chi connectivity index (χ0v) is 19.2. The van der Waals surface area contributed by atoms with Gasteiger partial charge in [0, 0.05) is 10.6 Å². The van der Waals surface area contributed by atoms with E-state index in [4.69, 9.17) is 10.2 Å². The van der Waals surface area contributed by atoms with Gasteiger partial charge in [0.25, 0.3) is 5.91 Å². The van der Waals surface area contributed by atoms with E-state index >= 15 is 0 Å². The van der Waals surface area contributed by atoms with E-state index in [0.717, 1.165) is 41.8 Å². The number of nitrogens with one attached hydrogen (secondary N) is 1. The van der Waals surface area contributed by atoms with Crippen molar-refractivity contribution in [3.05, 3.63) is 64.7 Å². The molecule has 3 aromatic heterocycles. The Labute approximate surface area is 198 Å². The molecule has 168 valence electrons. The topological polar surface area (TPSA) is 116 Å². The van der Waals surface area contributed by atoms with Crippen LogP contribution in [0.25, 0.3) is 17.3 Å². The highest BCUT2D eigenvalue weighted by Gasteiger charge is 2.25. The Balaban J connectivity index is 1.37. The largest absolute Gasteiger partial charge is 0.461 e. The number of nitrogens with zero attached hydrogens (tertiary/aromatic N) is 3. The number of furan rings is 1. The van der Waals surface area contributed by atoms with Crippen molar-refractivity contribution < 1.29 is 14.0 Å². The SMILES string of the molecule is NC(=O)c1c(NC(=O)CSc2nnc(-c3ccco3)n2-c2ccccc2)sc2c1CCCC2. The van der Waals surface area contributed by atoms with E-state index in [1.165, 1.54) is 23.1 Å². The lowest BCUT2D eigenvalue weighted by molar-refractivity contribution is -0.113. The first kappa shape index (κ1) is 21.5. The third-order valence-corrected chi connectivity index (χ3v) is 7.53. The Morgan fingerprint density at radius 1 is 1.12 bits per heavy atom. The smallest absolute Gasteiger partial charge is 0.251 e. The van der Waals surface area contributed by atoms with Crippen LogP contribution in [0.15, 0.2) is 58.3 Å². The Morgan fingerprint density at radius 3 is 2.70 bits per heavy atom. The number of thiophene rings is 1. The summed E-state index contributed by atoms with van der Waals surface area (Å²) in [6, 6.07) is 13.3. The number of benzene rings is 1. The molecule has 4 aromatic rings. The molecule has 0 radical (unpaired) electrons. The predicted molar refractivity (Wildman–Crippen MR) is 128 cm³/mol. The van der Waals surface area contributed by atoms with Gasteiger partial charge in [0.1, 0.15) is 5.00 Å². The van der Waals surface area contributed by atoms with Crippen molar-refractivity contribution >= 4 is 39.9 Å². The lowest BCUT2D eigenvalue weighted by Crippen LogP contribution is -2.19. The number of thioether (sulfide) groups is 1. The number of fused-ring (bicyclic) bond motifs is 1. The summed E-state index contributed by atoms with van der Waals surface area (Å²) in [5.74, 6) is 0.505. The number of carbonyl (C=O) groups is 2. The molecule has 1 aromatic carbocycles. The van der Waals surface area contributed by atoms with Crippen molar-refractivity contribution in [1.82, 2.24) is 14.8 Å². The van der Waals surface area contributed by atoms with Gasteiger partial charge in [-0.2, -0.15) is 0 Å². The lowest BCUT2D eigenvalue weighted by atomic mass is 9.95. The van der Waals surface area contributed by atoms with Crippen molar-refractivity contribution in [3.8, 4) is 17.3 Å². The molecule has 1 aliphatic carbocycles. The van der Waals surface area contributed by atoms with Gasteiger partial charge in [-0.3, -0.25) is 14.2 Å². The summed E-state index contributed by atoms with van der Waals surface area (Å²) < 4.78 is 7.38. The number of aryl methyl sites for hydroxylation is 1. The summed E-state index contributed by atoms with van der Waals surface area (Å²) in [5.41, 5.74) is 7.95. The molecule has 0 spiro atoms. The molecule has 3 N–H and O–H groups in total. The van der Waals surface area contributed by atoms with E-state index in [2.05, 4.69) is 15.5 Å². The average Bonchev–Trinajstić information content (AvgIpc) is 3.55. The number of hydrogen-bond acceptors (Lipinski definition) is 7. The number of hydrogen-bond donors (Lipinski definition) is 2. The number of primary amides is 1. The quantitative estimate of drug-likeness (QED) is 0.382. The van der Waals surface area contributed by atoms with Crippen molar-refractivity contribution in [2.75, 3.05) is 11.1 Å². The maximum atomic E-state index is 12.8. The van der Waals surface area contributed by atoms with Crippen LogP contribution < -0.4 is 11.1 Å². The van der Waals surface area contributed by atoms with E-state index < -0.39 is 5.91 Å². The Hall–Kier alpha value is -3.37. The van der Waals surface area contributed by atoms with Crippen LogP contribution in [0.4, 0.5) is 5.00 Å². The summed E-state index contributed by atoms with van der Waals surface area (Å²) in [6.45, 7) is 0. The molecule has 8 nitrogen and oxygen atoms in total. The molecule has 0 bridgehead atoms. The fourth-order valence-electron chi connectivity index (χ4n) is 3.95. The van der Waals surface area contributed by atoms with Gasteiger partial charge < -0.3 is 15.5 Å². The van der Waals surface area contributed by atoms with E-state index in [0.29, 0.717) is 27.3 Å². The lowest BCUT2D eigenvalue weighted by Gasteiger charge is -2.11. The first-order valence-electron chi connectivity index (χ1n) is 10.5. The number of nitrogens with two attached hydrogens (primary N) is 1. The second kappa shape index (κ2) is 9.24. The molecule has 0 aliphatic heterocycles. The third kappa shape index (κ3) is 4.31. The van der Waals surface area contributed by atoms with Gasteiger partial charge in [0.05, 0.1) is 17.6 Å². The highest BCUT2D eigenvalue weighted by molar-refractivity contribution is 7.99. The molecule has 0 fully saturated rings. The number of rotatable bonds is 7. The maximum Gasteiger partial charge on any atom is 0.251 e. The van der Waals surface area contributed by atoms with Crippen LogP contribution in [0.3, 0.4) is 0 Å². The van der Waals surface area contributed by atoms with Crippen LogP contribution in [0, 0.1) is 0 Å². The summed E-state index contributed by atoms with van der Waals surface area (Å²) in [5, 5.41) is 12.6. The molecule has 33 heavy (non-hydrogen) atoms. The minimum atomic E-state index is -0.496. The normalized spacial score (nSPS) is 13.0. The predicted octanol–water partition coefficient (Wildman–Crippen LogP) is 4.30. The standard InChI is InChI=1S/C23H21N5O3S2/c24-20(30)19-15-9-4-5-11-17(15)33-22(19)25-18(29)13-32-23-27-26-21(16-10-6-12-31-16)28(23)14-7-2-1-3-8-14/h1-3,6-8,10,12H,4-5,9,11,13H2,(H2,24,30)(H,25,29). The van der Waals surface area contributed by atoms with Gasteiger partial charge in [0.2, 0.25) is 11.7 Å². The summed E-state index contributed by atoms with van der Waals surface area (Å²) >= 11 is 2.72. The number of anilines is 1. The zero-order valence-electron chi connectivity index (χ0n) is 17.6. The summed E-state index contributed by atoms with van der Waals surface area (Å²) in [4.78, 5) is 26.0. The molecule has 0 saturated heterocycles. The molecule has 0 saturated carbocycles. The fraction of sp³-hybridized carbons (Fsp3) is 0.217. The van der Waals surface area contributed by atoms with E-state index in [-0.39, 0.29) is 11.7 Å². The highest BCUT2D eigenvalue weighted by Crippen LogP contribution is 2.38. The monoisotopic (exact) mass is 479 g/mol. The van der Waals surface area contributed by atoms with Crippen LogP contribution in [0.2, 0.25) is 0 Å². The number of amides is 2. The third-order valence-electron chi connectivity index (χ3n) is 5.39. The van der Waals surface area contributed by atoms with E-state index in [9.17, 15) is 9.59 Å². The molecule has 3 heterocycles. The van der Waals surface area contributed by atoms with Crippen molar-refractivity contribution in [2.45, 2.75) is 30.8 Å². The Morgan fingerprint density at radius 2 is 1.94 bits per heavy atom. The Bertz CT molecular complexity index is 1300. The van der Waals surface area contributed by atoms with Gasteiger partial charge in [-0.15, -0.1) is 21.5 Å². The fourth-order valence-corrected chi connectivity index (χ4v) is 6.01. The van der Waals surface area contributed by atoms with Gasteiger partial charge in [0.15, 0.2) is 10.9 Å². The van der Waals surface area contributed by atoms with Crippen molar-refractivity contribution in [2.24, 2.45) is 5.73 Å². The highest BCUT2D eigenvalue weighted by atomic mass is 32.2. The van der Waals surface area contributed by atoms with Crippen LogP contribution in [-0.4, -0.2) is 32.3 Å². The van der Waals surface area contributed by atoms with Crippen LogP contribution in [0.5, 0.6) is 0 Å². The number of aromatic nitrogens is 3. The molecule has 1 aliphatic rings. The van der Waals surface area contributed by atoms with Crippen molar-refractivity contribution in [3.63, 3.8) is 0 Å². The average molecular weight is 480 g/mol. The molecule has 0 atom stereocenters. The molecule has 10 heteroatoms. The van der Waals surface area contributed by atoms with Gasteiger partial charge >= 0.3 is 0 Å². The molecule has 0 unspecified atom stereocenters. The minimum absolute atomic E-state index is 0.101. The zero-order chi connectivity index (χ0) is 22.8. The maximum absolute atomic E-state index is 12.8. The second-order valence-corrected chi connectivity index (χ2v) is 9.62. The summed E-state index contributed by atoms with van der Waals surface area (Å²) in [6.07, 6.45) is 5.43. The Kier molecular flexibility index (Phi) is 6.01. The first-order chi connectivity index (χ1) is 16.1. The van der Waals surface area contributed by atoms with Crippen LogP contribution in [-0.2, 0) is 17.6 Å². The van der Waals surface area contributed by atoms with Crippen molar-refractivity contribution in [1.29, 1.82) is 0 Å². The molecule has 5 rings (SSSR count). The van der Waals surface area contributed by atoms with Gasteiger partial charge in [-0.1, -0.05) is 30.0 Å². The number of carbonyl (C=O) groups excluding carboxylic acids is 2. The second-order valence-electron chi connectivity index (χ2n) is 7.57. The van der Waals surface area contributed by atoms with Gasteiger partial charge in [-0.05, 0) is 55.5 Å². The molecular weight excluding hydrogens is 458 g/mol. The van der Waals surface area contributed by atoms with E-state index in [1.807, 2.05) is 41.0 Å². The summed E-state index contributed by atoms with van der Waals surface area (Å²) in [7, 11) is 0. The first-order valence-corrected chi connectivity index (χ1v) is 12.3. The minimum Gasteiger partial charge on any atom is -0.461 e.